The van der Waals surface area contributed by atoms with Gasteiger partial charge in [0, 0.05) is 29.3 Å². The number of furan rings is 1. The summed E-state index contributed by atoms with van der Waals surface area (Å²) in [7, 11) is 1.67. The van der Waals surface area contributed by atoms with Gasteiger partial charge in [0.05, 0.1) is 24.4 Å². The first-order valence-corrected chi connectivity index (χ1v) is 11.4. The summed E-state index contributed by atoms with van der Waals surface area (Å²) < 4.78 is 13.1. The molecule has 6 rings (SSSR count). The molecule has 1 N–H and O–H groups in total. The van der Waals surface area contributed by atoms with Crippen LogP contribution in [-0.4, -0.2) is 32.7 Å². The van der Waals surface area contributed by atoms with E-state index in [1.54, 1.807) is 13.4 Å². The molecule has 0 bridgehead atoms. The Morgan fingerprint density at radius 3 is 2.79 bits per heavy atom. The molecule has 1 saturated carbocycles. The number of rotatable bonds is 5. The summed E-state index contributed by atoms with van der Waals surface area (Å²) in [6.45, 7) is 0. The van der Waals surface area contributed by atoms with Gasteiger partial charge >= 0.3 is 0 Å². The summed E-state index contributed by atoms with van der Waals surface area (Å²) >= 11 is 0. The number of nitrogens with one attached hydrogen (secondary N) is 1. The number of anilines is 1. The van der Waals surface area contributed by atoms with Crippen LogP contribution in [0.15, 0.2) is 65.4 Å². The monoisotopic (exact) mass is 439 g/mol. The molecule has 3 heterocycles. The van der Waals surface area contributed by atoms with Crippen LogP contribution in [0.25, 0.3) is 39.2 Å². The Balaban J connectivity index is 1.50. The van der Waals surface area contributed by atoms with E-state index in [-0.39, 0.29) is 0 Å². The smallest absolute Gasteiger partial charge is 0.224 e. The van der Waals surface area contributed by atoms with E-state index >= 15 is 0 Å². The van der Waals surface area contributed by atoms with Crippen molar-refractivity contribution in [2.75, 3.05) is 12.4 Å². The Kier molecular flexibility index (Phi) is 4.94. The van der Waals surface area contributed by atoms with Gasteiger partial charge < -0.3 is 14.5 Å². The zero-order chi connectivity index (χ0) is 22.2. The van der Waals surface area contributed by atoms with Gasteiger partial charge in [-0.1, -0.05) is 19.3 Å². The van der Waals surface area contributed by atoms with Gasteiger partial charge in [-0.3, -0.25) is 4.57 Å². The fraction of sp³-hybridized carbons (Fsp3) is 0.269. The van der Waals surface area contributed by atoms with Crippen LogP contribution in [0.5, 0.6) is 5.75 Å². The van der Waals surface area contributed by atoms with E-state index in [0.29, 0.717) is 12.0 Å². The van der Waals surface area contributed by atoms with Gasteiger partial charge in [0.1, 0.15) is 23.0 Å². The van der Waals surface area contributed by atoms with Crippen LogP contribution in [0.2, 0.25) is 0 Å². The molecule has 0 unspecified atom stereocenters. The van der Waals surface area contributed by atoms with Gasteiger partial charge in [-0.2, -0.15) is 4.98 Å². The lowest BCUT2D eigenvalue weighted by atomic mass is 9.96. The Hall–Kier alpha value is -3.87. The molecule has 0 atom stereocenters. The Labute approximate surface area is 191 Å². The molecule has 0 saturated heterocycles. The van der Waals surface area contributed by atoms with Crippen molar-refractivity contribution in [1.29, 1.82) is 0 Å². The lowest BCUT2D eigenvalue weighted by Gasteiger charge is -2.22. The Morgan fingerprint density at radius 1 is 1.00 bits per heavy atom. The Morgan fingerprint density at radius 2 is 1.91 bits per heavy atom. The molecule has 166 valence electrons. The first-order valence-electron chi connectivity index (χ1n) is 11.4. The molecule has 33 heavy (non-hydrogen) atoms. The third-order valence-electron chi connectivity index (χ3n) is 6.38. The minimum absolute atomic E-state index is 0.427. The van der Waals surface area contributed by atoms with Crippen LogP contribution < -0.4 is 10.1 Å². The lowest BCUT2D eigenvalue weighted by molar-refractivity contribution is 0.415. The van der Waals surface area contributed by atoms with Crippen LogP contribution in [0.4, 0.5) is 5.95 Å². The van der Waals surface area contributed by atoms with E-state index in [2.05, 4.69) is 20.9 Å². The molecule has 1 fully saturated rings. The Bertz CT molecular complexity index is 1430. The molecule has 0 radical (unpaired) electrons. The standard InChI is InChI=1S/C26H25N5O2/c1-32-20-8-9-21-22(16-20)31(25(29-21)18-7-10-23-17(15-18)12-14-33-23)24-11-13-27-26(30-24)28-19-5-3-2-4-6-19/h7-16,19H,2-6H2,1H3,(H,27,28,30). The third-order valence-corrected chi connectivity index (χ3v) is 6.38. The molecular weight excluding hydrogens is 414 g/mol. The molecule has 1 aliphatic carbocycles. The zero-order valence-corrected chi connectivity index (χ0v) is 18.5. The van der Waals surface area contributed by atoms with Crippen molar-refractivity contribution < 1.29 is 9.15 Å². The highest BCUT2D eigenvalue weighted by molar-refractivity contribution is 5.87. The van der Waals surface area contributed by atoms with Crippen LogP contribution in [0, 0.1) is 0 Å². The summed E-state index contributed by atoms with van der Waals surface area (Å²) in [5.74, 6) is 3.00. The third kappa shape index (κ3) is 3.69. The normalized spacial score (nSPS) is 14.7. The number of methoxy groups -OCH3 is 1. The molecule has 2 aromatic carbocycles. The van der Waals surface area contributed by atoms with Crippen molar-refractivity contribution in [2.24, 2.45) is 0 Å². The quantitative estimate of drug-likeness (QED) is 0.363. The van der Waals surface area contributed by atoms with Crippen molar-refractivity contribution in [1.82, 2.24) is 19.5 Å². The molecule has 0 aliphatic heterocycles. The minimum atomic E-state index is 0.427. The maximum absolute atomic E-state index is 5.53. The zero-order valence-electron chi connectivity index (χ0n) is 18.5. The minimum Gasteiger partial charge on any atom is -0.497 e. The van der Waals surface area contributed by atoms with Gasteiger partial charge in [-0.15, -0.1) is 0 Å². The number of benzene rings is 2. The van der Waals surface area contributed by atoms with Crippen LogP contribution in [0.3, 0.4) is 0 Å². The SMILES string of the molecule is COc1ccc2nc(-c3ccc4occc4c3)n(-c3ccnc(NC4CCCCC4)n3)c2c1. The number of ether oxygens (including phenoxy) is 1. The average molecular weight is 440 g/mol. The van der Waals surface area contributed by atoms with Gasteiger partial charge in [-0.25, -0.2) is 9.97 Å². The van der Waals surface area contributed by atoms with E-state index in [1.165, 1.54) is 19.3 Å². The molecule has 3 aromatic heterocycles. The van der Waals surface area contributed by atoms with Gasteiger partial charge in [0.25, 0.3) is 0 Å². The largest absolute Gasteiger partial charge is 0.497 e. The van der Waals surface area contributed by atoms with E-state index in [1.807, 2.05) is 48.7 Å². The molecule has 7 nitrogen and oxygen atoms in total. The van der Waals surface area contributed by atoms with Crippen molar-refractivity contribution in [2.45, 2.75) is 38.1 Å². The second-order valence-electron chi connectivity index (χ2n) is 8.52. The molecule has 0 spiro atoms. The van der Waals surface area contributed by atoms with Crippen molar-refractivity contribution in [3.05, 3.63) is 61.0 Å². The van der Waals surface area contributed by atoms with E-state index in [4.69, 9.17) is 19.1 Å². The molecule has 0 amide bonds. The first-order chi connectivity index (χ1) is 16.3. The second-order valence-corrected chi connectivity index (χ2v) is 8.52. The highest BCUT2D eigenvalue weighted by Crippen LogP contribution is 2.32. The molecule has 1 aliphatic rings. The number of fused-ring (bicyclic) bond motifs is 2. The van der Waals surface area contributed by atoms with Gasteiger partial charge in [0.2, 0.25) is 5.95 Å². The predicted octanol–water partition coefficient (Wildman–Crippen LogP) is 5.98. The summed E-state index contributed by atoms with van der Waals surface area (Å²) in [5, 5.41) is 4.57. The second kappa shape index (κ2) is 8.24. The van der Waals surface area contributed by atoms with Crippen molar-refractivity contribution >= 4 is 28.0 Å². The van der Waals surface area contributed by atoms with E-state index < -0.39 is 0 Å². The van der Waals surface area contributed by atoms with E-state index in [0.717, 1.165) is 57.8 Å². The highest BCUT2D eigenvalue weighted by atomic mass is 16.5. The fourth-order valence-corrected chi connectivity index (χ4v) is 4.69. The number of imidazole rings is 1. The number of aromatic nitrogens is 4. The first kappa shape index (κ1) is 19.8. The molecule has 5 aromatic rings. The summed E-state index contributed by atoms with van der Waals surface area (Å²) in [4.78, 5) is 14.4. The molecular formula is C26H25N5O2. The van der Waals surface area contributed by atoms with Gasteiger partial charge in [0.15, 0.2) is 0 Å². The maximum Gasteiger partial charge on any atom is 0.224 e. The number of nitrogens with zero attached hydrogens (tertiary/aromatic N) is 4. The number of hydrogen-bond acceptors (Lipinski definition) is 6. The summed E-state index contributed by atoms with van der Waals surface area (Å²) in [6.07, 6.45) is 9.65. The highest BCUT2D eigenvalue weighted by Gasteiger charge is 2.19. The average Bonchev–Trinajstić information content (AvgIpc) is 3.48. The molecule has 7 heteroatoms. The van der Waals surface area contributed by atoms with Crippen LogP contribution >= 0.6 is 0 Å². The predicted molar refractivity (Wildman–Crippen MR) is 129 cm³/mol. The fourth-order valence-electron chi connectivity index (χ4n) is 4.69. The lowest BCUT2D eigenvalue weighted by Crippen LogP contribution is -2.23. The summed E-state index contributed by atoms with van der Waals surface area (Å²) in [6, 6.07) is 16.3. The van der Waals surface area contributed by atoms with Gasteiger partial charge in [-0.05, 0) is 55.3 Å². The summed E-state index contributed by atoms with van der Waals surface area (Å²) in [5.41, 5.74) is 3.64. The van der Waals surface area contributed by atoms with Crippen molar-refractivity contribution in [3.63, 3.8) is 0 Å². The van der Waals surface area contributed by atoms with Crippen LogP contribution in [-0.2, 0) is 0 Å². The van der Waals surface area contributed by atoms with Crippen molar-refractivity contribution in [3.8, 4) is 23.0 Å². The topological polar surface area (TPSA) is 78.0 Å². The maximum atomic E-state index is 5.53. The number of hydrogen-bond donors (Lipinski definition) is 1. The van der Waals surface area contributed by atoms with E-state index in [9.17, 15) is 0 Å². The van der Waals surface area contributed by atoms with Crippen LogP contribution in [0.1, 0.15) is 32.1 Å².